The molecule has 0 N–H and O–H groups in total. The number of carbonyl (C=O) groups excluding carboxylic acids is 2. The molecule has 0 bridgehead atoms. The Balaban J connectivity index is 1.37. The zero-order valence-electron chi connectivity index (χ0n) is 19.1. The van der Waals surface area contributed by atoms with Gasteiger partial charge in [0.25, 0.3) is 11.5 Å². The molecule has 7 nitrogen and oxygen atoms in total. The average molecular weight is 448 g/mol. The Labute approximate surface area is 193 Å². The van der Waals surface area contributed by atoms with Gasteiger partial charge in [-0.25, -0.2) is 9.48 Å². The number of benzene rings is 2. The molecule has 1 saturated heterocycles. The van der Waals surface area contributed by atoms with E-state index in [0.717, 1.165) is 19.3 Å². The van der Waals surface area contributed by atoms with Crippen molar-refractivity contribution in [1.29, 1.82) is 0 Å². The molecule has 33 heavy (non-hydrogen) atoms. The summed E-state index contributed by atoms with van der Waals surface area (Å²) in [6.45, 7) is 4.63. The predicted molar refractivity (Wildman–Crippen MR) is 126 cm³/mol. The molecular formula is C26H29N3O4. The van der Waals surface area contributed by atoms with Gasteiger partial charge in [0.1, 0.15) is 0 Å². The molecule has 172 valence electrons. The van der Waals surface area contributed by atoms with Crippen LogP contribution in [0.5, 0.6) is 0 Å². The van der Waals surface area contributed by atoms with E-state index < -0.39 is 5.97 Å². The molecule has 1 aliphatic rings. The first kappa shape index (κ1) is 22.7. The molecule has 7 heteroatoms. The van der Waals surface area contributed by atoms with E-state index in [1.165, 1.54) is 10.2 Å². The number of likely N-dealkylation sites (tertiary alicyclic amines) is 1. The van der Waals surface area contributed by atoms with Crippen molar-refractivity contribution in [3.8, 4) is 0 Å². The van der Waals surface area contributed by atoms with Gasteiger partial charge in [0.2, 0.25) is 0 Å². The average Bonchev–Trinajstić information content (AvgIpc) is 2.83. The summed E-state index contributed by atoms with van der Waals surface area (Å²) in [7, 11) is 0. The van der Waals surface area contributed by atoms with Crippen LogP contribution in [0.15, 0.2) is 59.4 Å². The molecule has 1 fully saturated rings. The molecular weight excluding hydrogens is 418 g/mol. The maximum absolute atomic E-state index is 12.8. The fourth-order valence-corrected chi connectivity index (χ4v) is 4.33. The second kappa shape index (κ2) is 9.98. The number of hydrogen-bond acceptors (Lipinski definition) is 5. The lowest BCUT2D eigenvalue weighted by molar-refractivity contribution is -0.135. The van der Waals surface area contributed by atoms with Crippen molar-refractivity contribution in [3.05, 3.63) is 76.2 Å². The number of carbonyl (C=O) groups is 2. The Morgan fingerprint density at radius 3 is 2.30 bits per heavy atom. The van der Waals surface area contributed by atoms with Crippen LogP contribution in [-0.2, 0) is 16.0 Å². The molecule has 4 rings (SSSR count). The van der Waals surface area contributed by atoms with E-state index in [-0.39, 0.29) is 29.8 Å². The minimum atomic E-state index is -0.701. The molecule has 1 amide bonds. The number of nitrogens with zero attached hydrogens (tertiary/aromatic N) is 3. The fourth-order valence-electron chi connectivity index (χ4n) is 4.33. The maximum atomic E-state index is 12.8. The van der Waals surface area contributed by atoms with Crippen LogP contribution in [0.1, 0.15) is 48.8 Å². The highest BCUT2D eigenvalue weighted by Crippen LogP contribution is 2.22. The Hall–Kier alpha value is -3.48. The highest BCUT2D eigenvalue weighted by atomic mass is 16.5. The zero-order chi connectivity index (χ0) is 23.4. The molecule has 1 aromatic heterocycles. The Morgan fingerprint density at radius 1 is 1.00 bits per heavy atom. The summed E-state index contributed by atoms with van der Waals surface area (Å²) < 4.78 is 6.62. The topological polar surface area (TPSA) is 81.5 Å². The summed E-state index contributed by atoms with van der Waals surface area (Å²) in [5.74, 6) is -0.359. The molecule has 1 aliphatic heterocycles. The standard InChI is InChI=1S/C26H29N3O4/c1-18(2)29-25(31)22-11-7-6-10-21(22)24(27-29)26(32)33-17-23(30)28-14-12-20(13-15-28)16-19-8-4-3-5-9-19/h3-11,18,20H,12-17H2,1-2H3. The van der Waals surface area contributed by atoms with Crippen molar-refractivity contribution in [2.45, 2.75) is 39.2 Å². The van der Waals surface area contributed by atoms with Crippen LogP contribution in [0.25, 0.3) is 10.8 Å². The minimum absolute atomic E-state index is 0.0493. The molecule has 0 radical (unpaired) electrons. The van der Waals surface area contributed by atoms with Crippen molar-refractivity contribution in [2.24, 2.45) is 5.92 Å². The number of amides is 1. The summed E-state index contributed by atoms with van der Waals surface area (Å²) in [5, 5.41) is 5.08. The molecule has 2 aromatic carbocycles. The van der Waals surface area contributed by atoms with Gasteiger partial charge in [0.05, 0.1) is 11.4 Å². The zero-order valence-corrected chi connectivity index (χ0v) is 19.1. The van der Waals surface area contributed by atoms with Gasteiger partial charge in [-0.3, -0.25) is 9.59 Å². The lowest BCUT2D eigenvalue weighted by atomic mass is 9.90. The van der Waals surface area contributed by atoms with Gasteiger partial charge in [-0.1, -0.05) is 48.5 Å². The highest BCUT2D eigenvalue weighted by molar-refractivity contribution is 6.02. The van der Waals surface area contributed by atoms with Gasteiger partial charge in [-0.05, 0) is 50.7 Å². The first-order valence-electron chi connectivity index (χ1n) is 11.4. The monoisotopic (exact) mass is 447 g/mol. The first-order chi connectivity index (χ1) is 15.9. The Kier molecular flexibility index (Phi) is 6.87. The largest absolute Gasteiger partial charge is 0.451 e. The number of ether oxygens (including phenoxy) is 1. The van der Waals surface area contributed by atoms with Gasteiger partial charge in [0, 0.05) is 18.5 Å². The molecule has 2 heterocycles. The molecule has 0 spiro atoms. The third-order valence-corrected chi connectivity index (χ3v) is 6.17. The van der Waals surface area contributed by atoms with E-state index in [9.17, 15) is 14.4 Å². The van der Waals surface area contributed by atoms with Crippen molar-refractivity contribution >= 4 is 22.6 Å². The maximum Gasteiger partial charge on any atom is 0.359 e. The third kappa shape index (κ3) is 5.13. The number of hydrogen-bond donors (Lipinski definition) is 0. The van der Waals surface area contributed by atoms with Crippen molar-refractivity contribution in [2.75, 3.05) is 19.7 Å². The van der Waals surface area contributed by atoms with Gasteiger partial charge >= 0.3 is 5.97 Å². The summed E-state index contributed by atoms with van der Waals surface area (Å²) in [5.41, 5.74) is 1.11. The van der Waals surface area contributed by atoms with Gasteiger partial charge in [-0.2, -0.15) is 5.10 Å². The predicted octanol–water partition coefficient (Wildman–Crippen LogP) is 3.62. The van der Waals surface area contributed by atoms with Gasteiger partial charge < -0.3 is 9.64 Å². The summed E-state index contributed by atoms with van der Waals surface area (Å²) in [6, 6.07) is 17.0. The quantitative estimate of drug-likeness (QED) is 0.539. The normalized spacial score (nSPS) is 14.6. The van der Waals surface area contributed by atoms with Crippen LogP contribution < -0.4 is 5.56 Å². The van der Waals surface area contributed by atoms with Crippen LogP contribution in [0.3, 0.4) is 0 Å². The second-order valence-corrected chi connectivity index (χ2v) is 8.83. The fraction of sp³-hybridized carbons (Fsp3) is 0.385. The summed E-state index contributed by atoms with van der Waals surface area (Å²) >= 11 is 0. The molecule has 0 atom stereocenters. The van der Waals surface area contributed by atoms with Crippen molar-refractivity contribution < 1.29 is 14.3 Å². The van der Waals surface area contributed by atoms with Crippen LogP contribution in [0, 0.1) is 5.92 Å². The van der Waals surface area contributed by atoms with Crippen LogP contribution in [0.4, 0.5) is 0 Å². The first-order valence-corrected chi connectivity index (χ1v) is 11.4. The van der Waals surface area contributed by atoms with Crippen molar-refractivity contribution in [3.63, 3.8) is 0 Å². The van der Waals surface area contributed by atoms with Gasteiger partial charge in [0.15, 0.2) is 12.3 Å². The highest BCUT2D eigenvalue weighted by Gasteiger charge is 2.25. The number of rotatable bonds is 6. The van der Waals surface area contributed by atoms with E-state index in [0.29, 0.717) is 29.8 Å². The minimum Gasteiger partial charge on any atom is -0.451 e. The van der Waals surface area contributed by atoms with Crippen LogP contribution in [-0.4, -0.2) is 46.3 Å². The number of piperidine rings is 1. The number of fused-ring (bicyclic) bond motifs is 1. The van der Waals surface area contributed by atoms with E-state index >= 15 is 0 Å². The summed E-state index contributed by atoms with van der Waals surface area (Å²) in [4.78, 5) is 39.9. The lowest BCUT2D eigenvalue weighted by Crippen LogP contribution is -2.41. The number of aromatic nitrogens is 2. The Morgan fingerprint density at radius 2 is 1.64 bits per heavy atom. The summed E-state index contributed by atoms with van der Waals surface area (Å²) in [6.07, 6.45) is 2.88. The van der Waals surface area contributed by atoms with Crippen LogP contribution in [0.2, 0.25) is 0 Å². The second-order valence-electron chi connectivity index (χ2n) is 8.83. The molecule has 0 unspecified atom stereocenters. The molecule has 3 aromatic rings. The van der Waals surface area contributed by atoms with E-state index in [1.54, 1.807) is 29.2 Å². The Bertz CT molecular complexity index is 1200. The molecule has 0 saturated carbocycles. The van der Waals surface area contributed by atoms with Gasteiger partial charge in [-0.15, -0.1) is 0 Å². The smallest absolute Gasteiger partial charge is 0.359 e. The van der Waals surface area contributed by atoms with E-state index in [1.807, 2.05) is 32.0 Å². The van der Waals surface area contributed by atoms with E-state index in [2.05, 4.69) is 17.2 Å². The van der Waals surface area contributed by atoms with Crippen LogP contribution >= 0.6 is 0 Å². The lowest BCUT2D eigenvalue weighted by Gasteiger charge is -2.32. The number of esters is 1. The SMILES string of the molecule is CC(C)n1nc(C(=O)OCC(=O)N2CCC(Cc3ccccc3)CC2)c2ccccc2c1=O. The van der Waals surface area contributed by atoms with E-state index in [4.69, 9.17) is 4.74 Å². The third-order valence-electron chi connectivity index (χ3n) is 6.17. The molecule has 0 aliphatic carbocycles. The van der Waals surface area contributed by atoms with Crippen molar-refractivity contribution in [1.82, 2.24) is 14.7 Å².